The van der Waals surface area contributed by atoms with Gasteiger partial charge in [-0.2, -0.15) is 0 Å². The Morgan fingerprint density at radius 2 is 1.80 bits per heavy atom. The van der Waals surface area contributed by atoms with Gasteiger partial charge in [0.15, 0.2) is 0 Å². The molecule has 0 amide bonds. The maximum absolute atomic E-state index is 10.5. The lowest BCUT2D eigenvalue weighted by atomic mass is 10.2. The number of ether oxygens (including phenoxy) is 1. The van der Waals surface area contributed by atoms with Crippen LogP contribution in [0, 0.1) is 0 Å². The Balaban J connectivity index is 0.000000280. The van der Waals surface area contributed by atoms with Crippen molar-refractivity contribution in [2.24, 2.45) is 0 Å². The van der Waals surface area contributed by atoms with Crippen molar-refractivity contribution in [1.29, 1.82) is 0 Å². The number of carbonyl (C=O) groups excluding carboxylic acids is 1. The van der Waals surface area contributed by atoms with Crippen molar-refractivity contribution in [3.05, 3.63) is 12.7 Å². The molecule has 1 saturated heterocycles. The minimum Gasteiger partial charge on any atom is -0.457 e. The third-order valence-corrected chi connectivity index (χ3v) is 1.78. The SMILES string of the molecule is C1CCNCC1.C=CC(=O)OC(C)(C)C. The third kappa shape index (κ3) is 11.1. The van der Waals surface area contributed by atoms with Crippen LogP contribution in [0.5, 0.6) is 0 Å². The van der Waals surface area contributed by atoms with Crippen LogP contribution in [0.2, 0.25) is 0 Å². The van der Waals surface area contributed by atoms with Gasteiger partial charge in [0.2, 0.25) is 0 Å². The number of hydrogen-bond acceptors (Lipinski definition) is 3. The van der Waals surface area contributed by atoms with Crippen LogP contribution in [0.4, 0.5) is 0 Å². The average Bonchev–Trinajstić information content (AvgIpc) is 2.19. The molecule has 1 fully saturated rings. The van der Waals surface area contributed by atoms with Crippen LogP contribution < -0.4 is 5.32 Å². The first-order chi connectivity index (χ1) is 6.95. The van der Waals surface area contributed by atoms with Crippen molar-refractivity contribution in [3.63, 3.8) is 0 Å². The van der Waals surface area contributed by atoms with Crippen LogP contribution in [0.15, 0.2) is 12.7 Å². The molecule has 0 radical (unpaired) electrons. The number of carbonyl (C=O) groups is 1. The Morgan fingerprint density at radius 1 is 1.27 bits per heavy atom. The first kappa shape index (κ1) is 14.2. The van der Waals surface area contributed by atoms with Crippen LogP contribution in [0.3, 0.4) is 0 Å². The molecule has 0 aliphatic carbocycles. The first-order valence-corrected chi connectivity index (χ1v) is 5.52. The molecule has 1 aliphatic rings. The van der Waals surface area contributed by atoms with Gasteiger partial charge >= 0.3 is 5.97 Å². The van der Waals surface area contributed by atoms with E-state index in [0.29, 0.717) is 0 Å². The van der Waals surface area contributed by atoms with Gasteiger partial charge in [0.05, 0.1) is 0 Å². The summed E-state index contributed by atoms with van der Waals surface area (Å²) in [5, 5.41) is 3.28. The van der Waals surface area contributed by atoms with Gasteiger partial charge in [-0.25, -0.2) is 4.79 Å². The second kappa shape index (κ2) is 7.46. The molecule has 1 aliphatic heterocycles. The Labute approximate surface area is 92.9 Å². The number of hydrogen-bond donors (Lipinski definition) is 1. The highest BCUT2D eigenvalue weighted by Crippen LogP contribution is 2.06. The molecule has 1 N–H and O–H groups in total. The van der Waals surface area contributed by atoms with Crippen molar-refractivity contribution < 1.29 is 9.53 Å². The molecule has 0 bridgehead atoms. The number of rotatable bonds is 1. The van der Waals surface area contributed by atoms with E-state index in [-0.39, 0.29) is 5.97 Å². The first-order valence-electron chi connectivity index (χ1n) is 5.52. The Kier molecular flexibility index (Phi) is 7.05. The van der Waals surface area contributed by atoms with Crippen molar-refractivity contribution in [2.45, 2.75) is 45.6 Å². The zero-order chi connectivity index (χ0) is 11.7. The summed E-state index contributed by atoms with van der Waals surface area (Å²) in [5.74, 6) is -0.373. The Bertz CT molecular complexity index is 179. The summed E-state index contributed by atoms with van der Waals surface area (Å²) in [5.41, 5.74) is -0.398. The lowest BCUT2D eigenvalue weighted by Gasteiger charge is -2.17. The largest absolute Gasteiger partial charge is 0.457 e. The molecule has 0 atom stereocenters. The summed E-state index contributed by atoms with van der Waals surface area (Å²) >= 11 is 0. The summed E-state index contributed by atoms with van der Waals surface area (Å²) in [4.78, 5) is 10.5. The third-order valence-electron chi connectivity index (χ3n) is 1.78. The summed E-state index contributed by atoms with van der Waals surface area (Å²) < 4.78 is 4.83. The molecular formula is C12H23NO2. The fourth-order valence-electron chi connectivity index (χ4n) is 1.15. The summed E-state index contributed by atoms with van der Waals surface area (Å²) in [6.07, 6.45) is 5.37. The van der Waals surface area contributed by atoms with Crippen molar-refractivity contribution >= 4 is 5.97 Å². The Morgan fingerprint density at radius 3 is 1.93 bits per heavy atom. The molecule has 1 rings (SSSR count). The summed E-state index contributed by atoms with van der Waals surface area (Å²) in [6.45, 7) is 11.2. The highest BCUT2D eigenvalue weighted by molar-refractivity contribution is 5.81. The zero-order valence-electron chi connectivity index (χ0n) is 10.1. The lowest BCUT2D eigenvalue weighted by molar-refractivity contribution is -0.148. The molecule has 1 heterocycles. The van der Waals surface area contributed by atoms with Gasteiger partial charge in [-0.1, -0.05) is 13.0 Å². The molecular weight excluding hydrogens is 190 g/mol. The standard InChI is InChI=1S/C7H12O2.C5H11N/c1-5-6(8)9-7(2,3)4;1-2-4-6-5-3-1/h5H,1H2,2-4H3;6H,1-5H2. The van der Waals surface area contributed by atoms with E-state index in [1.54, 1.807) is 0 Å². The number of piperidine rings is 1. The van der Waals surface area contributed by atoms with Crippen LogP contribution in [0.25, 0.3) is 0 Å². The van der Waals surface area contributed by atoms with Crippen LogP contribution in [-0.4, -0.2) is 24.7 Å². The highest BCUT2D eigenvalue weighted by Gasteiger charge is 2.12. The molecule has 0 aromatic heterocycles. The predicted octanol–water partition coefficient (Wildman–Crippen LogP) is 2.27. The number of esters is 1. The Hall–Kier alpha value is -0.830. The topological polar surface area (TPSA) is 38.3 Å². The molecule has 0 spiro atoms. The molecule has 0 unspecified atom stereocenters. The van der Waals surface area contributed by atoms with E-state index >= 15 is 0 Å². The van der Waals surface area contributed by atoms with Gasteiger partial charge in [-0.05, 0) is 46.7 Å². The van der Waals surface area contributed by atoms with E-state index in [4.69, 9.17) is 4.74 Å². The normalized spacial score (nSPS) is 15.9. The molecule has 0 aromatic carbocycles. The van der Waals surface area contributed by atoms with Gasteiger partial charge in [0, 0.05) is 6.08 Å². The quantitative estimate of drug-likeness (QED) is 0.536. The fourth-order valence-corrected chi connectivity index (χ4v) is 1.15. The van der Waals surface area contributed by atoms with E-state index < -0.39 is 5.60 Å². The van der Waals surface area contributed by atoms with E-state index in [9.17, 15) is 4.79 Å². The monoisotopic (exact) mass is 213 g/mol. The summed E-state index contributed by atoms with van der Waals surface area (Å²) in [6, 6.07) is 0. The average molecular weight is 213 g/mol. The zero-order valence-corrected chi connectivity index (χ0v) is 10.1. The molecule has 15 heavy (non-hydrogen) atoms. The highest BCUT2D eigenvalue weighted by atomic mass is 16.6. The second-order valence-corrected chi connectivity index (χ2v) is 4.55. The van der Waals surface area contributed by atoms with Gasteiger partial charge in [0.25, 0.3) is 0 Å². The van der Waals surface area contributed by atoms with Crippen molar-refractivity contribution in [3.8, 4) is 0 Å². The molecule has 3 heteroatoms. The minimum atomic E-state index is -0.398. The van der Waals surface area contributed by atoms with Crippen LogP contribution in [0.1, 0.15) is 40.0 Å². The lowest BCUT2D eigenvalue weighted by Crippen LogP contribution is -2.22. The van der Waals surface area contributed by atoms with E-state index in [1.807, 2.05) is 20.8 Å². The van der Waals surface area contributed by atoms with Crippen LogP contribution in [-0.2, 0) is 9.53 Å². The minimum absolute atomic E-state index is 0.373. The smallest absolute Gasteiger partial charge is 0.330 e. The van der Waals surface area contributed by atoms with Crippen molar-refractivity contribution in [1.82, 2.24) is 5.32 Å². The van der Waals surface area contributed by atoms with Gasteiger partial charge in [-0.3, -0.25) is 0 Å². The molecule has 88 valence electrons. The van der Waals surface area contributed by atoms with Gasteiger partial charge in [-0.15, -0.1) is 0 Å². The molecule has 3 nitrogen and oxygen atoms in total. The van der Waals surface area contributed by atoms with Crippen molar-refractivity contribution in [2.75, 3.05) is 13.1 Å². The fraction of sp³-hybridized carbons (Fsp3) is 0.750. The maximum atomic E-state index is 10.5. The molecule has 0 saturated carbocycles. The maximum Gasteiger partial charge on any atom is 0.330 e. The van der Waals surface area contributed by atoms with Crippen LogP contribution >= 0.6 is 0 Å². The number of nitrogens with one attached hydrogen (secondary N) is 1. The van der Waals surface area contributed by atoms with Gasteiger partial charge < -0.3 is 10.1 Å². The van der Waals surface area contributed by atoms with E-state index in [2.05, 4.69) is 11.9 Å². The second-order valence-electron chi connectivity index (χ2n) is 4.55. The molecule has 0 aromatic rings. The predicted molar refractivity (Wildman–Crippen MR) is 62.8 cm³/mol. The van der Waals surface area contributed by atoms with E-state index in [1.165, 1.54) is 32.4 Å². The summed E-state index contributed by atoms with van der Waals surface area (Å²) in [7, 11) is 0. The van der Waals surface area contributed by atoms with Gasteiger partial charge in [0.1, 0.15) is 5.60 Å². The van der Waals surface area contributed by atoms with E-state index in [0.717, 1.165) is 6.08 Å².